The molecule has 6 heteroatoms. The Kier molecular flexibility index (Phi) is 5.25. The average Bonchev–Trinajstić information content (AvgIpc) is 2.74. The molecule has 2 amide bonds. The highest BCUT2D eigenvalue weighted by Gasteiger charge is 2.28. The van der Waals surface area contributed by atoms with Gasteiger partial charge < -0.3 is 10.2 Å². The third-order valence-corrected chi connectivity index (χ3v) is 5.41. The first-order valence-electron chi connectivity index (χ1n) is 9.90. The van der Waals surface area contributed by atoms with E-state index >= 15 is 0 Å². The molecule has 0 spiro atoms. The number of aryl methyl sites for hydroxylation is 2. The van der Waals surface area contributed by atoms with Gasteiger partial charge in [0.05, 0.1) is 11.1 Å². The van der Waals surface area contributed by atoms with Crippen LogP contribution in [0.3, 0.4) is 0 Å². The van der Waals surface area contributed by atoms with Crippen molar-refractivity contribution >= 4 is 28.5 Å². The van der Waals surface area contributed by atoms with Crippen molar-refractivity contribution in [1.82, 2.24) is 14.9 Å². The van der Waals surface area contributed by atoms with Crippen LogP contribution in [0.25, 0.3) is 10.9 Å². The fourth-order valence-electron chi connectivity index (χ4n) is 3.70. The minimum atomic E-state index is -0.116. The SMILES string of the molecule is Cc1ccc(NC(=O)C2CCN(C(=O)c3cccc4ccc(C)nc34)CC2)nc1. The summed E-state index contributed by atoms with van der Waals surface area (Å²) >= 11 is 0. The van der Waals surface area contributed by atoms with Gasteiger partial charge in [0.15, 0.2) is 0 Å². The summed E-state index contributed by atoms with van der Waals surface area (Å²) in [7, 11) is 0. The molecule has 3 heterocycles. The summed E-state index contributed by atoms with van der Waals surface area (Å²) in [5, 5.41) is 3.84. The van der Waals surface area contributed by atoms with Gasteiger partial charge in [-0.2, -0.15) is 0 Å². The Morgan fingerprint density at radius 3 is 2.55 bits per heavy atom. The lowest BCUT2D eigenvalue weighted by atomic mass is 9.95. The number of piperidine rings is 1. The molecule has 1 aromatic carbocycles. The highest BCUT2D eigenvalue weighted by atomic mass is 16.2. The van der Waals surface area contributed by atoms with Crippen LogP contribution in [0.15, 0.2) is 48.7 Å². The molecule has 4 rings (SSSR count). The summed E-state index contributed by atoms with van der Waals surface area (Å²) in [6.45, 7) is 4.99. The molecule has 0 atom stereocenters. The van der Waals surface area contributed by atoms with Crippen LogP contribution in [0.5, 0.6) is 0 Å². The van der Waals surface area contributed by atoms with E-state index in [1.807, 2.05) is 55.1 Å². The summed E-state index contributed by atoms with van der Waals surface area (Å²) < 4.78 is 0. The zero-order chi connectivity index (χ0) is 20.4. The number of nitrogens with one attached hydrogen (secondary N) is 1. The molecule has 1 aliphatic heterocycles. The monoisotopic (exact) mass is 388 g/mol. The molecular weight excluding hydrogens is 364 g/mol. The van der Waals surface area contributed by atoms with Crippen LogP contribution in [0, 0.1) is 19.8 Å². The smallest absolute Gasteiger partial charge is 0.256 e. The van der Waals surface area contributed by atoms with Gasteiger partial charge in [0.1, 0.15) is 5.82 Å². The second-order valence-electron chi connectivity index (χ2n) is 7.61. The van der Waals surface area contributed by atoms with E-state index < -0.39 is 0 Å². The lowest BCUT2D eigenvalue weighted by molar-refractivity contribution is -0.121. The van der Waals surface area contributed by atoms with Crippen molar-refractivity contribution in [2.24, 2.45) is 5.92 Å². The van der Waals surface area contributed by atoms with Gasteiger partial charge in [0.2, 0.25) is 5.91 Å². The van der Waals surface area contributed by atoms with Crippen molar-refractivity contribution < 1.29 is 9.59 Å². The topological polar surface area (TPSA) is 75.2 Å². The van der Waals surface area contributed by atoms with Gasteiger partial charge in [0, 0.05) is 36.3 Å². The van der Waals surface area contributed by atoms with Crippen LogP contribution in [0.4, 0.5) is 5.82 Å². The number of pyridine rings is 2. The molecule has 0 radical (unpaired) electrons. The normalized spacial score (nSPS) is 14.8. The lowest BCUT2D eigenvalue weighted by Crippen LogP contribution is -2.41. The number of rotatable bonds is 3. The minimum Gasteiger partial charge on any atom is -0.339 e. The van der Waals surface area contributed by atoms with Gasteiger partial charge in [-0.1, -0.05) is 24.3 Å². The number of para-hydroxylation sites is 1. The highest BCUT2D eigenvalue weighted by Crippen LogP contribution is 2.24. The second-order valence-corrected chi connectivity index (χ2v) is 7.61. The van der Waals surface area contributed by atoms with E-state index in [0.717, 1.165) is 22.2 Å². The Balaban J connectivity index is 1.42. The van der Waals surface area contributed by atoms with Gasteiger partial charge in [-0.3, -0.25) is 14.6 Å². The first-order valence-corrected chi connectivity index (χ1v) is 9.90. The predicted octanol–water partition coefficient (Wildman–Crippen LogP) is 3.74. The molecule has 148 valence electrons. The van der Waals surface area contributed by atoms with Gasteiger partial charge in [-0.15, -0.1) is 0 Å². The molecule has 6 nitrogen and oxygen atoms in total. The molecule has 3 aromatic rings. The number of anilines is 1. The maximum Gasteiger partial charge on any atom is 0.256 e. The number of hydrogen-bond donors (Lipinski definition) is 1. The summed E-state index contributed by atoms with van der Waals surface area (Å²) in [5.74, 6) is 0.398. The zero-order valence-corrected chi connectivity index (χ0v) is 16.7. The van der Waals surface area contributed by atoms with E-state index in [0.29, 0.717) is 37.3 Å². The molecule has 1 fully saturated rings. The Bertz CT molecular complexity index is 1050. The number of amides is 2. The zero-order valence-electron chi connectivity index (χ0n) is 16.7. The number of carbonyl (C=O) groups excluding carboxylic acids is 2. The van der Waals surface area contributed by atoms with Crippen molar-refractivity contribution in [3.8, 4) is 0 Å². The third kappa shape index (κ3) is 4.11. The van der Waals surface area contributed by atoms with Gasteiger partial charge >= 0.3 is 0 Å². The largest absolute Gasteiger partial charge is 0.339 e. The quantitative estimate of drug-likeness (QED) is 0.742. The third-order valence-electron chi connectivity index (χ3n) is 5.41. The van der Waals surface area contributed by atoms with Crippen molar-refractivity contribution in [2.75, 3.05) is 18.4 Å². The van der Waals surface area contributed by atoms with E-state index in [4.69, 9.17) is 0 Å². The minimum absolute atomic E-state index is 0.0206. The van der Waals surface area contributed by atoms with Crippen LogP contribution >= 0.6 is 0 Å². The van der Waals surface area contributed by atoms with E-state index in [1.165, 1.54) is 0 Å². The predicted molar refractivity (Wildman–Crippen MR) is 113 cm³/mol. The molecule has 1 N–H and O–H groups in total. The summed E-state index contributed by atoms with van der Waals surface area (Å²) in [5.41, 5.74) is 3.30. The van der Waals surface area contributed by atoms with E-state index in [9.17, 15) is 9.59 Å². The van der Waals surface area contributed by atoms with Gasteiger partial charge in [-0.25, -0.2) is 4.98 Å². The summed E-state index contributed by atoms with van der Waals surface area (Å²) in [6, 6.07) is 13.4. The average molecular weight is 388 g/mol. The molecule has 0 aliphatic carbocycles. The molecule has 2 aromatic heterocycles. The second kappa shape index (κ2) is 7.99. The van der Waals surface area contributed by atoms with E-state index in [-0.39, 0.29) is 17.7 Å². The molecular formula is C23H24N4O2. The first-order chi connectivity index (χ1) is 14.0. The molecule has 0 saturated carbocycles. The number of carbonyl (C=O) groups is 2. The van der Waals surface area contributed by atoms with Crippen LogP contribution in [0.2, 0.25) is 0 Å². The Morgan fingerprint density at radius 1 is 1.03 bits per heavy atom. The Labute approximate surface area is 170 Å². The maximum atomic E-state index is 13.1. The van der Waals surface area contributed by atoms with Crippen LogP contribution in [-0.2, 0) is 4.79 Å². The standard InChI is InChI=1S/C23H24N4O2/c1-15-6-9-20(24-14-15)26-22(28)18-10-12-27(13-11-18)23(29)19-5-3-4-17-8-7-16(2)25-21(17)19/h3-9,14,18H,10-13H2,1-2H3,(H,24,26,28). The molecule has 0 unspecified atom stereocenters. The van der Waals surface area contributed by atoms with Crippen molar-refractivity contribution in [3.05, 3.63) is 65.5 Å². The fourth-order valence-corrected chi connectivity index (χ4v) is 3.70. The van der Waals surface area contributed by atoms with E-state index in [2.05, 4.69) is 15.3 Å². The van der Waals surface area contributed by atoms with Crippen molar-refractivity contribution in [3.63, 3.8) is 0 Å². The van der Waals surface area contributed by atoms with Crippen molar-refractivity contribution in [1.29, 1.82) is 0 Å². The molecule has 1 aliphatic rings. The number of aromatic nitrogens is 2. The maximum absolute atomic E-state index is 13.1. The summed E-state index contributed by atoms with van der Waals surface area (Å²) in [6.07, 6.45) is 3.01. The molecule has 29 heavy (non-hydrogen) atoms. The number of nitrogens with zero attached hydrogens (tertiary/aromatic N) is 3. The number of hydrogen-bond acceptors (Lipinski definition) is 4. The lowest BCUT2D eigenvalue weighted by Gasteiger charge is -2.31. The van der Waals surface area contributed by atoms with Gasteiger partial charge in [-0.05, 0) is 50.5 Å². The first kappa shape index (κ1) is 19.1. The van der Waals surface area contributed by atoms with Crippen LogP contribution < -0.4 is 5.32 Å². The number of fused-ring (bicyclic) bond motifs is 1. The molecule has 0 bridgehead atoms. The Morgan fingerprint density at radius 2 is 1.83 bits per heavy atom. The summed E-state index contributed by atoms with van der Waals surface area (Å²) in [4.78, 5) is 36.3. The Hall–Kier alpha value is -3.28. The molecule has 1 saturated heterocycles. The number of benzene rings is 1. The highest BCUT2D eigenvalue weighted by molar-refractivity contribution is 6.05. The van der Waals surface area contributed by atoms with Crippen LogP contribution in [0.1, 0.15) is 34.5 Å². The number of likely N-dealkylation sites (tertiary alicyclic amines) is 1. The van der Waals surface area contributed by atoms with E-state index in [1.54, 1.807) is 12.3 Å². The fraction of sp³-hybridized carbons (Fsp3) is 0.304. The van der Waals surface area contributed by atoms with Gasteiger partial charge in [0.25, 0.3) is 5.91 Å². The van der Waals surface area contributed by atoms with Crippen LogP contribution in [-0.4, -0.2) is 39.8 Å². The van der Waals surface area contributed by atoms with Crippen molar-refractivity contribution in [2.45, 2.75) is 26.7 Å².